The zero-order valence-corrected chi connectivity index (χ0v) is 18.6. The molecule has 0 heterocycles. The number of carboxylic acids is 1. The van der Waals surface area contributed by atoms with Gasteiger partial charge in [-0.2, -0.15) is 5.10 Å². The second-order valence-electron chi connectivity index (χ2n) is 7.31. The van der Waals surface area contributed by atoms with Crippen LogP contribution in [0.25, 0.3) is 0 Å². The molecule has 0 spiro atoms. The van der Waals surface area contributed by atoms with Crippen LogP contribution >= 0.6 is 0 Å². The number of methoxy groups -OCH3 is 1. The van der Waals surface area contributed by atoms with Crippen LogP contribution in [0.5, 0.6) is 11.5 Å². The Balaban J connectivity index is 1.72. The number of hydrazone groups is 1. The van der Waals surface area contributed by atoms with E-state index in [1.807, 2.05) is 31.1 Å². The molecule has 0 radical (unpaired) electrons. The van der Waals surface area contributed by atoms with Crippen molar-refractivity contribution in [2.24, 2.45) is 5.10 Å². The normalized spacial score (nSPS) is 10.6. The molecule has 0 aliphatic heterocycles. The average molecular weight is 447 g/mol. The summed E-state index contributed by atoms with van der Waals surface area (Å²) in [4.78, 5) is 25.4. The van der Waals surface area contributed by atoms with E-state index in [9.17, 15) is 9.59 Å². The average Bonchev–Trinajstić information content (AvgIpc) is 2.83. The minimum atomic E-state index is -0.985. The van der Waals surface area contributed by atoms with Crippen molar-refractivity contribution in [1.29, 1.82) is 0 Å². The van der Waals surface area contributed by atoms with E-state index in [-0.39, 0.29) is 18.1 Å². The summed E-state index contributed by atoms with van der Waals surface area (Å²) in [5.74, 6) is -0.360. The van der Waals surface area contributed by atoms with Crippen LogP contribution in [0.3, 0.4) is 0 Å². The summed E-state index contributed by atoms with van der Waals surface area (Å²) in [7, 11) is 5.34. The Morgan fingerprint density at radius 1 is 1.03 bits per heavy atom. The molecule has 3 aromatic carbocycles. The molecule has 3 rings (SSSR count). The van der Waals surface area contributed by atoms with Gasteiger partial charge in [0.15, 0.2) is 11.5 Å². The zero-order valence-electron chi connectivity index (χ0n) is 18.6. The van der Waals surface area contributed by atoms with Gasteiger partial charge < -0.3 is 19.5 Å². The number of nitrogens with zero attached hydrogens (tertiary/aromatic N) is 2. The summed E-state index contributed by atoms with van der Waals surface area (Å²) in [5.41, 5.74) is 5.54. The summed E-state index contributed by atoms with van der Waals surface area (Å²) in [6.07, 6.45) is 1.49. The highest BCUT2D eigenvalue weighted by atomic mass is 16.5. The van der Waals surface area contributed by atoms with Crippen LogP contribution in [0.4, 0.5) is 5.69 Å². The molecule has 170 valence electrons. The molecule has 0 aliphatic rings. The third-order valence-corrected chi connectivity index (χ3v) is 4.81. The number of aromatic carboxylic acids is 1. The van der Waals surface area contributed by atoms with Gasteiger partial charge in [0.25, 0.3) is 5.91 Å². The predicted octanol–water partition coefficient (Wildman–Crippen LogP) is 3.80. The highest BCUT2D eigenvalue weighted by molar-refractivity contribution is 5.96. The number of anilines is 1. The summed E-state index contributed by atoms with van der Waals surface area (Å²) < 4.78 is 11.3. The number of hydrogen-bond donors (Lipinski definition) is 2. The smallest absolute Gasteiger partial charge is 0.335 e. The molecular formula is C25H25N3O5. The Morgan fingerprint density at radius 3 is 2.42 bits per heavy atom. The van der Waals surface area contributed by atoms with Crippen LogP contribution in [0, 0.1) is 0 Å². The summed E-state index contributed by atoms with van der Waals surface area (Å²) in [6, 6.07) is 19.0. The standard InChI is InChI=1S/C25H25N3O5/c1-28(2)21-8-4-6-19(14-21)24(29)27-26-15-20-7-5-9-22(32-3)23(20)33-16-17-10-12-18(13-11-17)25(30)31/h4-15H,16H2,1-3H3,(H,27,29)(H,30,31)/b26-15-. The zero-order chi connectivity index (χ0) is 23.8. The lowest BCUT2D eigenvalue weighted by atomic mass is 10.1. The van der Waals surface area contributed by atoms with E-state index in [0.29, 0.717) is 22.6 Å². The van der Waals surface area contributed by atoms with Gasteiger partial charge in [-0.1, -0.05) is 24.3 Å². The molecule has 0 unspecified atom stereocenters. The van der Waals surface area contributed by atoms with Crippen molar-refractivity contribution < 1.29 is 24.2 Å². The molecule has 0 aliphatic carbocycles. The number of carboxylic acid groups (broad SMARTS) is 1. The molecule has 33 heavy (non-hydrogen) atoms. The number of ether oxygens (including phenoxy) is 2. The van der Waals surface area contributed by atoms with E-state index in [1.54, 1.807) is 42.5 Å². The van der Waals surface area contributed by atoms with Gasteiger partial charge in [0.2, 0.25) is 0 Å². The van der Waals surface area contributed by atoms with E-state index in [4.69, 9.17) is 14.6 Å². The largest absolute Gasteiger partial charge is 0.493 e. The number of amides is 1. The first kappa shape index (κ1) is 23.3. The molecule has 0 atom stereocenters. The lowest BCUT2D eigenvalue weighted by Gasteiger charge is -2.13. The molecule has 0 aromatic heterocycles. The van der Waals surface area contributed by atoms with Crippen molar-refractivity contribution in [3.05, 3.63) is 89.0 Å². The number of rotatable bonds is 9. The van der Waals surface area contributed by atoms with Crippen LogP contribution in [-0.2, 0) is 6.61 Å². The second kappa shape index (κ2) is 10.8. The van der Waals surface area contributed by atoms with Crippen molar-refractivity contribution >= 4 is 23.8 Å². The fourth-order valence-corrected chi connectivity index (χ4v) is 3.00. The van der Waals surface area contributed by atoms with Gasteiger partial charge in [-0.3, -0.25) is 4.79 Å². The molecule has 0 fully saturated rings. The Hall–Kier alpha value is -4.33. The number of para-hydroxylation sites is 1. The van der Waals surface area contributed by atoms with Gasteiger partial charge in [0.05, 0.1) is 18.9 Å². The van der Waals surface area contributed by atoms with Gasteiger partial charge >= 0.3 is 5.97 Å². The molecule has 0 saturated heterocycles. The topological polar surface area (TPSA) is 100 Å². The Morgan fingerprint density at radius 2 is 1.76 bits per heavy atom. The Kier molecular flexibility index (Phi) is 7.64. The van der Waals surface area contributed by atoms with Crippen LogP contribution in [0.15, 0.2) is 71.8 Å². The fourth-order valence-electron chi connectivity index (χ4n) is 3.00. The molecule has 3 aromatic rings. The van der Waals surface area contributed by atoms with E-state index >= 15 is 0 Å². The molecule has 1 amide bonds. The monoisotopic (exact) mass is 447 g/mol. The van der Waals surface area contributed by atoms with Gasteiger partial charge in [-0.05, 0) is 48.0 Å². The Bertz CT molecular complexity index is 1160. The summed E-state index contributed by atoms with van der Waals surface area (Å²) in [6.45, 7) is 0.199. The van der Waals surface area contributed by atoms with Crippen molar-refractivity contribution in [3.63, 3.8) is 0 Å². The van der Waals surface area contributed by atoms with Gasteiger partial charge in [0.1, 0.15) is 6.61 Å². The number of benzene rings is 3. The van der Waals surface area contributed by atoms with Crippen LogP contribution in [0.1, 0.15) is 31.8 Å². The quantitative estimate of drug-likeness (QED) is 0.382. The second-order valence-corrected chi connectivity index (χ2v) is 7.31. The molecular weight excluding hydrogens is 422 g/mol. The first-order chi connectivity index (χ1) is 15.9. The molecule has 0 saturated carbocycles. The molecule has 8 nitrogen and oxygen atoms in total. The maximum atomic E-state index is 12.5. The summed E-state index contributed by atoms with van der Waals surface area (Å²) >= 11 is 0. The number of carbonyl (C=O) groups is 2. The number of carbonyl (C=O) groups excluding carboxylic acids is 1. The van der Waals surface area contributed by atoms with E-state index in [1.165, 1.54) is 25.5 Å². The third-order valence-electron chi connectivity index (χ3n) is 4.81. The third kappa shape index (κ3) is 6.10. The van der Waals surface area contributed by atoms with E-state index < -0.39 is 5.97 Å². The van der Waals surface area contributed by atoms with Gasteiger partial charge in [-0.15, -0.1) is 0 Å². The molecule has 2 N–H and O–H groups in total. The maximum absolute atomic E-state index is 12.5. The minimum Gasteiger partial charge on any atom is -0.493 e. The van der Waals surface area contributed by atoms with Gasteiger partial charge in [0, 0.05) is 30.9 Å². The summed E-state index contributed by atoms with van der Waals surface area (Å²) in [5, 5.41) is 13.1. The van der Waals surface area contributed by atoms with Crippen molar-refractivity contribution in [2.75, 3.05) is 26.1 Å². The van der Waals surface area contributed by atoms with E-state index in [0.717, 1.165) is 11.3 Å². The van der Waals surface area contributed by atoms with Crippen molar-refractivity contribution in [1.82, 2.24) is 5.43 Å². The highest BCUT2D eigenvalue weighted by Gasteiger charge is 2.11. The fraction of sp³-hybridized carbons (Fsp3) is 0.160. The van der Waals surface area contributed by atoms with Crippen molar-refractivity contribution in [3.8, 4) is 11.5 Å². The van der Waals surface area contributed by atoms with Crippen molar-refractivity contribution in [2.45, 2.75) is 6.61 Å². The lowest BCUT2D eigenvalue weighted by Crippen LogP contribution is -2.18. The molecule has 0 bridgehead atoms. The van der Waals surface area contributed by atoms with Crippen LogP contribution in [0.2, 0.25) is 0 Å². The number of hydrogen-bond acceptors (Lipinski definition) is 6. The van der Waals surface area contributed by atoms with E-state index in [2.05, 4.69) is 10.5 Å². The SMILES string of the molecule is COc1cccc(/C=N\NC(=O)c2cccc(N(C)C)c2)c1OCc1ccc(C(=O)O)cc1. The first-order valence-electron chi connectivity index (χ1n) is 10.1. The molecule has 8 heteroatoms. The predicted molar refractivity (Wildman–Crippen MR) is 127 cm³/mol. The van der Waals surface area contributed by atoms with Gasteiger partial charge in [-0.25, -0.2) is 10.2 Å². The minimum absolute atomic E-state index is 0.199. The maximum Gasteiger partial charge on any atom is 0.335 e. The lowest BCUT2D eigenvalue weighted by molar-refractivity contribution is 0.0696. The highest BCUT2D eigenvalue weighted by Crippen LogP contribution is 2.31. The van der Waals surface area contributed by atoms with Crippen LogP contribution < -0.4 is 19.8 Å². The first-order valence-corrected chi connectivity index (χ1v) is 10.1. The number of nitrogens with one attached hydrogen (secondary N) is 1. The van der Waals surface area contributed by atoms with Crippen LogP contribution in [-0.4, -0.2) is 44.4 Å². The Labute approximate surface area is 192 Å².